The van der Waals surface area contributed by atoms with Crippen LogP contribution in [0.15, 0.2) is 24.3 Å². The molecule has 100 valence electrons. The second kappa shape index (κ2) is 5.63. The van der Waals surface area contributed by atoms with Gasteiger partial charge in [-0.25, -0.2) is 0 Å². The summed E-state index contributed by atoms with van der Waals surface area (Å²) in [6, 6.07) is 7.89. The predicted octanol–water partition coefficient (Wildman–Crippen LogP) is 4.46. The minimum absolute atomic E-state index is 0.408. The third-order valence-electron chi connectivity index (χ3n) is 4.27. The first-order valence-corrected chi connectivity index (χ1v) is 7.36. The molecule has 1 fully saturated rings. The molecule has 1 aromatic carbocycles. The van der Waals surface area contributed by atoms with Crippen molar-refractivity contribution in [3.8, 4) is 0 Å². The molecule has 0 amide bonds. The Morgan fingerprint density at radius 3 is 2.83 bits per heavy atom. The van der Waals surface area contributed by atoms with Crippen molar-refractivity contribution in [1.82, 2.24) is 0 Å². The van der Waals surface area contributed by atoms with E-state index in [-0.39, 0.29) is 0 Å². The van der Waals surface area contributed by atoms with E-state index in [0.29, 0.717) is 11.8 Å². The number of hydrogen-bond acceptors (Lipinski definition) is 1. The van der Waals surface area contributed by atoms with Crippen LogP contribution in [-0.4, -0.2) is 10.7 Å². The maximum absolute atomic E-state index is 11.0. The van der Waals surface area contributed by atoms with E-state index in [4.69, 9.17) is 11.6 Å². The Labute approximate surface area is 115 Å². The van der Waals surface area contributed by atoms with Crippen molar-refractivity contribution < 1.29 is 5.11 Å². The fraction of sp³-hybridized carbons (Fsp3) is 0.625. The molecule has 0 heterocycles. The quantitative estimate of drug-likeness (QED) is 0.856. The standard InChI is InChI=1S/C16H23ClO/c1-12(2)15-8-3-4-9-16(15,18)11-13-6-5-7-14(17)10-13/h5-7,10,12,15,18H,3-4,8-9,11H2,1-2H3. The Bertz CT molecular complexity index is 402. The summed E-state index contributed by atoms with van der Waals surface area (Å²) >= 11 is 6.03. The summed E-state index contributed by atoms with van der Waals surface area (Å²) in [5, 5.41) is 11.8. The van der Waals surface area contributed by atoms with Crippen LogP contribution in [0.2, 0.25) is 5.02 Å². The Morgan fingerprint density at radius 1 is 1.39 bits per heavy atom. The third-order valence-corrected chi connectivity index (χ3v) is 4.50. The average Bonchev–Trinajstić information content (AvgIpc) is 2.28. The van der Waals surface area contributed by atoms with Crippen molar-refractivity contribution >= 4 is 11.6 Å². The zero-order valence-electron chi connectivity index (χ0n) is 11.3. The van der Waals surface area contributed by atoms with E-state index in [1.807, 2.05) is 18.2 Å². The first-order valence-electron chi connectivity index (χ1n) is 6.98. The van der Waals surface area contributed by atoms with Gasteiger partial charge in [0.1, 0.15) is 0 Å². The minimum Gasteiger partial charge on any atom is -0.389 e. The molecule has 0 aliphatic heterocycles. The van der Waals surface area contributed by atoms with E-state index in [0.717, 1.165) is 36.3 Å². The number of hydrogen-bond donors (Lipinski definition) is 1. The lowest BCUT2D eigenvalue weighted by molar-refractivity contribution is -0.0652. The SMILES string of the molecule is CC(C)C1CCCCC1(O)Cc1cccc(Cl)c1. The lowest BCUT2D eigenvalue weighted by Crippen LogP contribution is -2.45. The van der Waals surface area contributed by atoms with E-state index in [1.165, 1.54) is 6.42 Å². The summed E-state index contributed by atoms with van der Waals surface area (Å²) in [5.41, 5.74) is 0.606. The van der Waals surface area contributed by atoms with Gasteiger partial charge in [-0.3, -0.25) is 0 Å². The topological polar surface area (TPSA) is 20.2 Å². The highest BCUT2D eigenvalue weighted by molar-refractivity contribution is 6.30. The molecule has 1 aliphatic rings. The maximum atomic E-state index is 11.0. The first-order chi connectivity index (χ1) is 8.51. The normalized spacial score (nSPS) is 28.6. The smallest absolute Gasteiger partial charge is 0.0718 e. The average molecular weight is 267 g/mol. The first kappa shape index (κ1) is 13.9. The van der Waals surface area contributed by atoms with E-state index < -0.39 is 5.60 Å². The zero-order chi connectivity index (χ0) is 13.2. The van der Waals surface area contributed by atoms with Gasteiger partial charge in [-0.2, -0.15) is 0 Å². The number of benzene rings is 1. The molecular formula is C16H23ClO. The van der Waals surface area contributed by atoms with Crippen LogP contribution in [0.5, 0.6) is 0 Å². The predicted molar refractivity (Wildman–Crippen MR) is 76.9 cm³/mol. The maximum Gasteiger partial charge on any atom is 0.0718 e. The summed E-state index contributed by atoms with van der Waals surface area (Å²) < 4.78 is 0. The zero-order valence-corrected chi connectivity index (χ0v) is 12.1. The summed E-state index contributed by atoms with van der Waals surface area (Å²) in [5.74, 6) is 0.944. The summed E-state index contributed by atoms with van der Waals surface area (Å²) in [4.78, 5) is 0. The van der Waals surface area contributed by atoms with Gasteiger partial charge in [0.25, 0.3) is 0 Å². The Morgan fingerprint density at radius 2 is 2.17 bits per heavy atom. The Kier molecular flexibility index (Phi) is 4.34. The highest BCUT2D eigenvalue weighted by Crippen LogP contribution is 2.40. The van der Waals surface area contributed by atoms with Crippen molar-refractivity contribution in [2.45, 2.75) is 51.6 Å². The molecule has 0 spiro atoms. The van der Waals surface area contributed by atoms with E-state index in [2.05, 4.69) is 19.9 Å². The van der Waals surface area contributed by atoms with E-state index in [1.54, 1.807) is 0 Å². The molecule has 2 heteroatoms. The molecule has 2 rings (SSSR count). The molecule has 0 aromatic heterocycles. The lowest BCUT2D eigenvalue weighted by Gasteiger charge is -2.42. The fourth-order valence-corrected chi connectivity index (χ4v) is 3.64. The molecule has 0 bridgehead atoms. The van der Waals surface area contributed by atoms with E-state index in [9.17, 15) is 5.11 Å². The van der Waals surface area contributed by atoms with Crippen LogP contribution in [0.25, 0.3) is 0 Å². The van der Waals surface area contributed by atoms with Gasteiger partial charge in [0.2, 0.25) is 0 Å². The van der Waals surface area contributed by atoms with Crippen molar-refractivity contribution in [3.05, 3.63) is 34.9 Å². The Hall–Kier alpha value is -0.530. The highest BCUT2D eigenvalue weighted by atomic mass is 35.5. The highest BCUT2D eigenvalue weighted by Gasteiger charge is 2.40. The molecular weight excluding hydrogens is 244 g/mol. The molecule has 0 saturated heterocycles. The van der Waals surface area contributed by atoms with Gasteiger partial charge in [-0.1, -0.05) is 50.4 Å². The second-order valence-corrected chi connectivity index (χ2v) is 6.44. The Balaban J connectivity index is 2.18. The summed E-state index contributed by atoms with van der Waals surface area (Å²) in [7, 11) is 0. The van der Waals surface area contributed by atoms with Gasteiger partial charge in [0.15, 0.2) is 0 Å². The number of rotatable bonds is 3. The summed E-state index contributed by atoms with van der Waals surface area (Å²) in [6.07, 6.45) is 5.19. The van der Waals surface area contributed by atoms with Gasteiger partial charge in [-0.15, -0.1) is 0 Å². The number of halogens is 1. The van der Waals surface area contributed by atoms with Crippen molar-refractivity contribution in [2.75, 3.05) is 0 Å². The van der Waals surface area contributed by atoms with Gasteiger partial charge < -0.3 is 5.11 Å². The summed E-state index contributed by atoms with van der Waals surface area (Å²) in [6.45, 7) is 4.44. The third kappa shape index (κ3) is 3.07. The van der Waals surface area contributed by atoms with Gasteiger partial charge in [0, 0.05) is 11.4 Å². The van der Waals surface area contributed by atoms with E-state index >= 15 is 0 Å². The van der Waals surface area contributed by atoms with Gasteiger partial charge in [0.05, 0.1) is 5.60 Å². The lowest BCUT2D eigenvalue weighted by atomic mass is 9.68. The van der Waals surface area contributed by atoms with Crippen LogP contribution in [0, 0.1) is 11.8 Å². The van der Waals surface area contributed by atoms with Gasteiger partial charge in [-0.05, 0) is 42.4 Å². The second-order valence-electron chi connectivity index (χ2n) is 6.01. The molecule has 2 unspecified atom stereocenters. The molecule has 2 atom stereocenters. The van der Waals surface area contributed by atoms with Crippen LogP contribution in [-0.2, 0) is 6.42 Å². The number of aliphatic hydroxyl groups is 1. The van der Waals surface area contributed by atoms with Crippen LogP contribution in [0.1, 0.15) is 45.1 Å². The largest absolute Gasteiger partial charge is 0.389 e. The molecule has 1 aliphatic carbocycles. The molecule has 1 N–H and O–H groups in total. The van der Waals surface area contributed by atoms with Crippen LogP contribution < -0.4 is 0 Å². The van der Waals surface area contributed by atoms with Crippen molar-refractivity contribution in [2.24, 2.45) is 11.8 Å². The molecule has 1 nitrogen and oxygen atoms in total. The van der Waals surface area contributed by atoms with Crippen LogP contribution >= 0.6 is 11.6 Å². The van der Waals surface area contributed by atoms with Gasteiger partial charge >= 0.3 is 0 Å². The molecule has 0 radical (unpaired) electrons. The molecule has 1 aromatic rings. The van der Waals surface area contributed by atoms with Crippen molar-refractivity contribution in [3.63, 3.8) is 0 Å². The van der Waals surface area contributed by atoms with Crippen LogP contribution in [0.4, 0.5) is 0 Å². The van der Waals surface area contributed by atoms with Crippen molar-refractivity contribution in [1.29, 1.82) is 0 Å². The van der Waals surface area contributed by atoms with Crippen LogP contribution in [0.3, 0.4) is 0 Å². The molecule has 1 saturated carbocycles. The molecule has 18 heavy (non-hydrogen) atoms. The fourth-order valence-electron chi connectivity index (χ4n) is 3.42. The minimum atomic E-state index is -0.545. The monoisotopic (exact) mass is 266 g/mol.